The summed E-state index contributed by atoms with van der Waals surface area (Å²) in [5.74, 6) is 0. The van der Waals surface area contributed by atoms with Crippen LogP contribution in [0, 0.1) is 13.8 Å². The fourth-order valence-electron chi connectivity index (χ4n) is 9.65. The molecule has 9 aromatic rings. The minimum Gasteiger partial charge on any atom is -0.310 e. The van der Waals surface area contributed by atoms with Crippen molar-refractivity contribution in [2.75, 3.05) is 4.90 Å². The van der Waals surface area contributed by atoms with Gasteiger partial charge in [0.25, 0.3) is 0 Å². The molecule has 52 heavy (non-hydrogen) atoms. The summed E-state index contributed by atoms with van der Waals surface area (Å²) in [6.45, 7) is 4.34. The van der Waals surface area contributed by atoms with Crippen LogP contribution in [0.4, 0.5) is 17.1 Å². The first-order valence-electron chi connectivity index (χ1n) is 18.3. The normalized spacial score (nSPS) is 13.3. The Balaban J connectivity index is 1.24. The highest BCUT2D eigenvalue weighted by atomic mass is 15.1. The average molecular weight is 662 g/mol. The molecule has 0 bridgehead atoms. The Morgan fingerprint density at radius 2 is 0.750 bits per heavy atom. The van der Waals surface area contributed by atoms with Gasteiger partial charge in [0.15, 0.2) is 0 Å². The maximum absolute atomic E-state index is 2.55. The van der Waals surface area contributed by atoms with Gasteiger partial charge in [-0.2, -0.15) is 0 Å². The number of rotatable bonds is 3. The van der Waals surface area contributed by atoms with Gasteiger partial charge in [-0.15, -0.1) is 0 Å². The van der Waals surface area contributed by atoms with E-state index in [-0.39, 0.29) is 5.41 Å². The van der Waals surface area contributed by atoms with Gasteiger partial charge in [-0.3, -0.25) is 0 Å². The van der Waals surface area contributed by atoms with Crippen LogP contribution in [0.5, 0.6) is 0 Å². The highest BCUT2D eigenvalue weighted by Crippen LogP contribution is 2.63. The Morgan fingerprint density at radius 1 is 0.308 bits per heavy atom. The lowest BCUT2D eigenvalue weighted by atomic mass is 9.70. The standard InChI is InChI=1S/C51H35N/c1-32-13-11-15-34(27-32)52(35-16-12-14-33(2)28-35)36-25-26-39-43(29-36)37-17-3-4-18-38(37)44-30-46-42-21-7-10-24-49(42)51(50(46)31-45(39)44)47-22-8-5-19-40(47)41-20-6-9-23-48(41)51/h3-31H,1-2H3. The van der Waals surface area contributed by atoms with Crippen LogP contribution < -0.4 is 4.90 Å². The lowest BCUT2D eigenvalue weighted by molar-refractivity contribution is 0.795. The summed E-state index contributed by atoms with van der Waals surface area (Å²) in [6, 6.07) is 66.1. The maximum Gasteiger partial charge on any atom is 0.0725 e. The van der Waals surface area contributed by atoms with E-state index >= 15 is 0 Å². The lowest BCUT2D eigenvalue weighted by Crippen LogP contribution is -2.25. The molecule has 9 aromatic carbocycles. The minimum absolute atomic E-state index is 0.377. The molecular formula is C51H35N. The topological polar surface area (TPSA) is 3.24 Å². The van der Waals surface area contributed by atoms with E-state index in [1.54, 1.807) is 0 Å². The molecule has 1 nitrogen and oxygen atoms in total. The molecule has 0 fully saturated rings. The first-order valence-corrected chi connectivity index (χ1v) is 18.3. The van der Waals surface area contributed by atoms with Gasteiger partial charge < -0.3 is 4.90 Å². The third kappa shape index (κ3) is 3.88. The van der Waals surface area contributed by atoms with Crippen molar-refractivity contribution < 1.29 is 0 Å². The van der Waals surface area contributed by atoms with Crippen molar-refractivity contribution in [1.29, 1.82) is 0 Å². The molecule has 0 saturated carbocycles. The third-order valence-corrected chi connectivity index (χ3v) is 11.7. The number of hydrogen-bond acceptors (Lipinski definition) is 1. The Bertz CT molecular complexity index is 2860. The zero-order chi connectivity index (χ0) is 34.6. The van der Waals surface area contributed by atoms with Gasteiger partial charge in [0, 0.05) is 17.1 Å². The molecule has 0 aliphatic heterocycles. The third-order valence-electron chi connectivity index (χ3n) is 11.7. The number of anilines is 3. The molecule has 2 aliphatic rings. The smallest absolute Gasteiger partial charge is 0.0725 e. The Hall–Kier alpha value is -6.44. The van der Waals surface area contributed by atoms with Crippen LogP contribution in [0.25, 0.3) is 54.6 Å². The second-order valence-corrected chi connectivity index (χ2v) is 14.6. The Kier molecular flexibility index (Phi) is 6.08. The van der Waals surface area contributed by atoms with Crippen LogP contribution in [0.2, 0.25) is 0 Å². The number of aryl methyl sites for hydroxylation is 2. The van der Waals surface area contributed by atoms with E-state index in [1.165, 1.54) is 88.0 Å². The van der Waals surface area contributed by atoms with Gasteiger partial charge in [0.1, 0.15) is 0 Å². The maximum atomic E-state index is 2.55. The van der Waals surface area contributed by atoms with Crippen molar-refractivity contribution in [3.05, 3.63) is 209 Å². The largest absolute Gasteiger partial charge is 0.310 e. The van der Waals surface area contributed by atoms with Gasteiger partial charge in [0.05, 0.1) is 5.41 Å². The van der Waals surface area contributed by atoms with Gasteiger partial charge in [-0.05, 0) is 150 Å². The van der Waals surface area contributed by atoms with E-state index in [2.05, 4.69) is 195 Å². The molecule has 0 saturated heterocycles. The molecule has 1 spiro atoms. The van der Waals surface area contributed by atoms with Crippen molar-refractivity contribution in [3.8, 4) is 22.3 Å². The summed E-state index contributed by atoms with van der Waals surface area (Å²) >= 11 is 0. The Labute approximate surface area is 304 Å². The fourth-order valence-corrected chi connectivity index (χ4v) is 9.65. The second-order valence-electron chi connectivity index (χ2n) is 14.6. The molecule has 0 heterocycles. The van der Waals surface area contributed by atoms with E-state index in [1.807, 2.05) is 0 Å². The molecule has 0 atom stereocenters. The van der Waals surface area contributed by atoms with E-state index in [4.69, 9.17) is 0 Å². The monoisotopic (exact) mass is 661 g/mol. The Morgan fingerprint density at radius 3 is 1.31 bits per heavy atom. The van der Waals surface area contributed by atoms with Crippen LogP contribution in [-0.4, -0.2) is 0 Å². The fraction of sp³-hybridized carbons (Fsp3) is 0.0588. The van der Waals surface area contributed by atoms with Crippen LogP contribution in [0.15, 0.2) is 176 Å². The van der Waals surface area contributed by atoms with Crippen molar-refractivity contribution in [2.24, 2.45) is 0 Å². The average Bonchev–Trinajstić information content (AvgIpc) is 3.65. The van der Waals surface area contributed by atoms with Crippen LogP contribution in [0.1, 0.15) is 33.4 Å². The van der Waals surface area contributed by atoms with E-state index in [9.17, 15) is 0 Å². The van der Waals surface area contributed by atoms with Gasteiger partial charge >= 0.3 is 0 Å². The predicted octanol–water partition coefficient (Wildman–Crippen LogP) is 13.6. The first-order chi connectivity index (χ1) is 25.6. The summed E-state index contributed by atoms with van der Waals surface area (Å²) < 4.78 is 0. The lowest BCUT2D eigenvalue weighted by Gasteiger charge is -2.30. The van der Waals surface area contributed by atoms with Gasteiger partial charge in [-0.1, -0.05) is 127 Å². The molecule has 1 heteroatoms. The summed E-state index contributed by atoms with van der Waals surface area (Å²) in [5.41, 5.74) is 16.4. The summed E-state index contributed by atoms with van der Waals surface area (Å²) in [4.78, 5) is 2.40. The van der Waals surface area contributed by atoms with E-state index < -0.39 is 0 Å². The molecule has 2 aliphatic carbocycles. The quantitative estimate of drug-likeness (QED) is 0.170. The van der Waals surface area contributed by atoms with Crippen LogP contribution in [-0.2, 0) is 5.41 Å². The summed E-state index contributed by atoms with van der Waals surface area (Å²) in [7, 11) is 0. The zero-order valence-electron chi connectivity index (χ0n) is 29.2. The summed E-state index contributed by atoms with van der Waals surface area (Å²) in [6.07, 6.45) is 0. The predicted molar refractivity (Wildman–Crippen MR) is 219 cm³/mol. The molecule has 0 N–H and O–H groups in total. The molecule has 11 rings (SSSR count). The minimum atomic E-state index is -0.377. The van der Waals surface area contributed by atoms with Gasteiger partial charge in [-0.25, -0.2) is 0 Å². The highest BCUT2D eigenvalue weighted by molar-refractivity contribution is 6.27. The molecule has 0 radical (unpaired) electrons. The van der Waals surface area contributed by atoms with E-state index in [0.29, 0.717) is 0 Å². The summed E-state index contributed by atoms with van der Waals surface area (Å²) in [5, 5.41) is 7.70. The second kappa shape index (κ2) is 10.8. The number of hydrogen-bond donors (Lipinski definition) is 0. The molecule has 244 valence electrons. The molecule has 0 unspecified atom stereocenters. The van der Waals surface area contributed by atoms with Crippen LogP contribution in [0.3, 0.4) is 0 Å². The van der Waals surface area contributed by atoms with Crippen LogP contribution >= 0.6 is 0 Å². The number of fused-ring (bicyclic) bond motifs is 16. The van der Waals surface area contributed by atoms with E-state index in [0.717, 1.165) is 17.1 Å². The van der Waals surface area contributed by atoms with Crippen molar-refractivity contribution in [3.63, 3.8) is 0 Å². The molecule has 0 aromatic heterocycles. The van der Waals surface area contributed by atoms with Crippen molar-refractivity contribution in [1.82, 2.24) is 0 Å². The highest BCUT2D eigenvalue weighted by Gasteiger charge is 2.51. The number of nitrogens with zero attached hydrogens (tertiary/aromatic N) is 1. The van der Waals surface area contributed by atoms with Crippen molar-refractivity contribution >= 4 is 49.4 Å². The zero-order valence-corrected chi connectivity index (χ0v) is 29.2. The molecule has 0 amide bonds. The first kappa shape index (κ1) is 29.3. The van der Waals surface area contributed by atoms with Crippen molar-refractivity contribution in [2.45, 2.75) is 19.3 Å². The SMILES string of the molecule is Cc1cccc(N(c2cccc(C)c2)c2ccc3c(c2)c2ccccc2c2cc4c(cc32)C2(c3ccccc3-c3ccccc32)c2ccccc2-4)c1. The van der Waals surface area contributed by atoms with Gasteiger partial charge in [0.2, 0.25) is 0 Å². The number of benzene rings is 9. The molecular weight excluding hydrogens is 627 g/mol.